The number of fused-ring (bicyclic) bond motifs is 7. The Morgan fingerprint density at radius 2 is 0.905 bits per heavy atom. The zero-order chi connectivity index (χ0) is 31.0. The molecule has 3 aromatic rings. The van der Waals surface area contributed by atoms with Gasteiger partial charge in [-0.25, -0.2) is 9.59 Å². The molecule has 0 saturated carbocycles. The van der Waals surface area contributed by atoms with E-state index in [2.05, 4.69) is 65.8 Å². The summed E-state index contributed by atoms with van der Waals surface area (Å²) in [4.78, 5) is 26.2. The average Bonchev–Trinajstić information content (AvgIpc) is 2.95. The standard InChI is InChI=1S/C36H44O6/c1-35(2,3)23-15-21-13-11-12-14-22-16-24(36(4,5)6)18-28(32(22)40-8)26-20-30(34(38)42-10)29(33(37)41-9)19-25(26)27(17-23)31(21)39-7/h15-20H,11-14H2,1-10H3. The van der Waals surface area contributed by atoms with Gasteiger partial charge in [0.15, 0.2) is 0 Å². The van der Waals surface area contributed by atoms with Gasteiger partial charge >= 0.3 is 11.9 Å². The number of esters is 2. The molecule has 0 amide bonds. The maximum Gasteiger partial charge on any atom is 0.338 e. The largest absolute Gasteiger partial charge is 0.496 e. The highest BCUT2D eigenvalue weighted by Gasteiger charge is 2.29. The zero-order valence-electron chi connectivity index (χ0n) is 26.7. The van der Waals surface area contributed by atoms with Crippen LogP contribution in [0.3, 0.4) is 0 Å². The van der Waals surface area contributed by atoms with Crippen molar-refractivity contribution >= 4 is 11.9 Å². The molecule has 0 aliphatic heterocycles. The second-order valence-corrected chi connectivity index (χ2v) is 13.1. The quantitative estimate of drug-likeness (QED) is 0.294. The molecule has 1 aliphatic rings. The molecule has 0 unspecified atom stereocenters. The van der Waals surface area contributed by atoms with E-state index in [-0.39, 0.29) is 22.0 Å². The summed E-state index contributed by atoms with van der Waals surface area (Å²) in [6.07, 6.45) is 3.63. The van der Waals surface area contributed by atoms with Crippen molar-refractivity contribution in [2.24, 2.45) is 0 Å². The van der Waals surface area contributed by atoms with Crippen LogP contribution in [0.1, 0.15) is 97.4 Å². The van der Waals surface area contributed by atoms with E-state index in [1.54, 1.807) is 26.4 Å². The number of hydrogen-bond acceptors (Lipinski definition) is 6. The number of carbonyl (C=O) groups excluding carboxylic acids is 2. The first kappa shape index (κ1) is 31.1. The summed E-state index contributed by atoms with van der Waals surface area (Å²) < 4.78 is 22.5. The number of rotatable bonds is 4. The minimum Gasteiger partial charge on any atom is -0.496 e. The number of benzene rings is 3. The van der Waals surface area contributed by atoms with Crippen molar-refractivity contribution in [1.82, 2.24) is 0 Å². The van der Waals surface area contributed by atoms with Gasteiger partial charge in [-0.15, -0.1) is 0 Å². The Bertz CT molecular complexity index is 1400. The molecule has 6 nitrogen and oxygen atoms in total. The zero-order valence-corrected chi connectivity index (χ0v) is 26.7. The number of ether oxygens (including phenoxy) is 4. The van der Waals surface area contributed by atoms with Gasteiger partial charge in [0.2, 0.25) is 0 Å². The monoisotopic (exact) mass is 572 g/mol. The fourth-order valence-corrected chi connectivity index (χ4v) is 5.73. The molecule has 224 valence electrons. The predicted molar refractivity (Wildman–Crippen MR) is 167 cm³/mol. The lowest BCUT2D eigenvalue weighted by molar-refractivity contribution is 0.0555. The van der Waals surface area contributed by atoms with Gasteiger partial charge in [-0.05, 0) is 94.2 Å². The summed E-state index contributed by atoms with van der Waals surface area (Å²) in [7, 11) is 6.00. The first-order valence-electron chi connectivity index (χ1n) is 14.5. The second kappa shape index (κ2) is 11.8. The van der Waals surface area contributed by atoms with Gasteiger partial charge < -0.3 is 18.9 Å². The Kier molecular flexibility index (Phi) is 8.77. The van der Waals surface area contributed by atoms with Crippen LogP contribution in [0.4, 0.5) is 0 Å². The van der Waals surface area contributed by atoms with Crippen LogP contribution in [-0.4, -0.2) is 40.4 Å². The molecule has 0 fully saturated rings. The molecular formula is C36H44O6. The van der Waals surface area contributed by atoms with Crippen LogP contribution < -0.4 is 9.47 Å². The lowest BCUT2D eigenvalue weighted by atomic mass is 9.79. The predicted octanol–water partition coefficient (Wildman–Crippen LogP) is 8.08. The molecule has 0 atom stereocenters. The van der Waals surface area contributed by atoms with Crippen molar-refractivity contribution in [3.05, 3.63) is 69.8 Å². The molecule has 4 bridgehead atoms. The van der Waals surface area contributed by atoms with Crippen LogP contribution in [0.5, 0.6) is 11.5 Å². The highest BCUT2D eigenvalue weighted by molar-refractivity contribution is 6.07. The van der Waals surface area contributed by atoms with Crippen molar-refractivity contribution in [2.45, 2.75) is 78.1 Å². The van der Waals surface area contributed by atoms with Gasteiger partial charge in [-0.1, -0.05) is 53.7 Å². The van der Waals surface area contributed by atoms with Gasteiger partial charge in [-0.3, -0.25) is 0 Å². The molecule has 3 aromatic carbocycles. The van der Waals surface area contributed by atoms with E-state index >= 15 is 0 Å². The third-order valence-electron chi connectivity index (χ3n) is 8.16. The average molecular weight is 573 g/mol. The first-order chi connectivity index (χ1) is 19.7. The second-order valence-electron chi connectivity index (χ2n) is 13.1. The van der Waals surface area contributed by atoms with Crippen molar-refractivity contribution in [1.29, 1.82) is 0 Å². The van der Waals surface area contributed by atoms with Gasteiger partial charge in [0, 0.05) is 11.1 Å². The molecule has 4 rings (SSSR count). The maximum absolute atomic E-state index is 13.1. The van der Waals surface area contributed by atoms with Crippen LogP contribution in [-0.2, 0) is 33.1 Å². The minimum absolute atomic E-state index is 0.131. The van der Waals surface area contributed by atoms with E-state index in [1.165, 1.54) is 14.2 Å². The Balaban J connectivity index is 2.29. The molecule has 0 N–H and O–H groups in total. The smallest absolute Gasteiger partial charge is 0.338 e. The van der Waals surface area contributed by atoms with Crippen molar-refractivity contribution in [3.63, 3.8) is 0 Å². The molecule has 0 heterocycles. The topological polar surface area (TPSA) is 71.1 Å². The van der Waals surface area contributed by atoms with E-state index in [0.29, 0.717) is 0 Å². The van der Waals surface area contributed by atoms with E-state index in [1.807, 2.05) is 0 Å². The highest BCUT2D eigenvalue weighted by Crippen LogP contribution is 2.48. The first-order valence-corrected chi connectivity index (χ1v) is 14.5. The lowest BCUT2D eigenvalue weighted by Gasteiger charge is -2.27. The van der Waals surface area contributed by atoms with E-state index < -0.39 is 11.9 Å². The fourth-order valence-electron chi connectivity index (χ4n) is 5.73. The number of hydrogen-bond donors (Lipinski definition) is 0. The van der Waals surface area contributed by atoms with E-state index in [4.69, 9.17) is 18.9 Å². The third kappa shape index (κ3) is 5.90. The molecular weight excluding hydrogens is 528 g/mol. The Labute approximate surface area is 250 Å². The molecule has 42 heavy (non-hydrogen) atoms. The van der Waals surface area contributed by atoms with E-state index in [0.717, 1.165) is 81.7 Å². The summed E-state index contributed by atoms with van der Waals surface area (Å²) in [6, 6.07) is 12.3. The van der Waals surface area contributed by atoms with Gasteiger partial charge in [0.05, 0.1) is 39.6 Å². The Morgan fingerprint density at radius 3 is 1.19 bits per heavy atom. The molecule has 0 radical (unpaired) electrons. The molecule has 6 heteroatoms. The number of aryl methyl sites for hydroxylation is 2. The maximum atomic E-state index is 13.1. The summed E-state index contributed by atoms with van der Waals surface area (Å²) in [5.41, 5.74) is 7.74. The summed E-state index contributed by atoms with van der Waals surface area (Å²) in [5, 5.41) is 0. The van der Waals surface area contributed by atoms with Gasteiger partial charge in [-0.2, -0.15) is 0 Å². The third-order valence-corrected chi connectivity index (χ3v) is 8.16. The van der Waals surface area contributed by atoms with Crippen LogP contribution in [0.15, 0.2) is 36.4 Å². The van der Waals surface area contributed by atoms with Crippen LogP contribution in [0, 0.1) is 0 Å². The van der Waals surface area contributed by atoms with Gasteiger partial charge in [0.1, 0.15) is 11.5 Å². The van der Waals surface area contributed by atoms with Crippen molar-refractivity contribution in [2.75, 3.05) is 28.4 Å². The van der Waals surface area contributed by atoms with Crippen molar-refractivity contribution in [3.8, 4) is 33.8 Å². The van der Waals surface area contributed by atoms with E-state index in [9.17, 15) is 9.59 Å². The Morgan fingerprint density at radius 1 is 0.548 bits per heavy atom. The lowest BCUT2D eigenvalue weighted by Crippen LogP contribution is -2.15. The Hall–Kier alpha value is -3.80. The summed E-state index contributed by atoms with van der Waals surface area (Å²) in [5.74, 6) is 0.286. The summed E-state index contributed by atoms with van der Waals surface area (Å²) >= 11 is 0. The van der Waals surface area contributed by atoms with Gasteiger partial charge in [0.25, 0.3) is 0 Å². The minimum atomic E-state index is -0.619. The van der Waals surface area contributed by atoms with Crippen LogP contribution in [0.25, 0.3) is 22.3 Å². The highest BCUT2D eigenvalue weighted by atomic mass is 16.5. The molecule has 0 saturated heterocycles. The van der Waals surface area contributed by atoms with Crippen molar-refractivity contribution < 1.29 is 28.5 Å². The molecule has 0 spiro atoms. The SMILES string of the molecule is COC(=O)c1cc2c(cc1C(=O)OC)-c1cc(C(C)(C)C)cc(c1OC)CCCCc1cc(C(C)(C)C)cc-2c1OC. The van der Waals surface area contributed by atoms with Crippen LogP contribution >= 0.6 is 0 Å². The molecule has 1 aliphatic carbocycles. The summed E-state index contributed by atoms with van der Waals surface area (Å²) in [6.45, 7) is 13.1. The fraction of sp³-hybridized carbons (Fsp3) is 0.444. The number of carbonyl (C=O) groups is 2. The van der Waals surface area contributed by atoms with Crippen LogP contribution in [0.2, 0.25) is 0 Å². The normalized spacial score (nSPS) is 13.3. The molecule has 0 aromatic heterocycles. The number of methoxy groups -OCH3 is 4.